The molecule has 0 aromatic heterocycles. The molecule has 1 aromatic rings. The first-order chi connectivity index (χ1) is 9.45. The Hall–Kier alpha value is -1.11. The highest BCUT2D eigenvalue weighted by Crippen LogP contribution is 2.36. The van der Waals surface area contributed by atoms with Gasteiger partial charge in [0.05, 0.1) is 0 Å². The predicted molar refractivity (Wildman–Crippen MR) is 70.4 cm³/mol. The Morgan fingerprint density at radius 3 is 2.55 bits per heavy atom. The van der Waals surface area contributed by atoms with Crippen LogP contribution in [-0.4, -0.2) is 48.7 Å². The van der Waals surface area contributed by atoms with Gasteiger partial charge in [0.15, 0.2) is 0 Å². The predicted octanol–water partition coefficient (Wildman–Crippen LogP) is 1.71. The molecule has 1 fully saturated rings. The summed E-state index contributed by atoms with van der Waals surface area (Å²) in [5.74, 6) is -3.81. The smallest absolute Gasteiger partial charge is 0.289 e. The largest absolute Gasteiger partial charge is 0.390 e. The van der Waals surface area contributed by atoms with Gasteiger partial charge in [-0.1, -0.05) is 12.1 Å². The first kappa shape index (κ1) is 15.3. The van der Waals surface area contributed by atoms with Gasteiger partial charge < -0.3 is 10.4 Å². The highest BCUT2D eigenvalue weighted by atomic mass is 19.3. The fourth-order valence-corrected chi connectivity index (χ4v) is 2.53. The molecule has 0 saturated carbocycles. The van der Waals surface area contributed by atoms with Gasteiger partial charge in [0.25, 0.3) is 5.92 Å². The molecule has 1 saturated heterocycles. The zero-order chi connectivity index (χ0) is 14.8. The Morgan fingerprint density at radius 2 is 2.00 bits per heavy atom. The van der Waals surface area contributed by atoms with Crippen molar-refractivity contribution < 1.29 is 18.3 Å². The van der Waals surface area contributed by atoms with E-state index in [1.54, 1.807) is 11.8 Å². The van der Waals surface area contributed by atoms with Gasteiger partial charge in [0, 0.05) is 26.2 Å². The average molecular weight is 288 g/mol. The van der Waals surface area contributed by atoms with E-state index in [4.69, 9.17) is 5.11 Å². The van der Waals surface area contributed by atoms with Crippen LogP contribution in [0.25, 0.3) is 0 Å². The maximum absolute atomic E-state index is 14.1. The zero-order valence-electron chi connectivity index (χ0n) is 11.4. The van der Waals surface area contributed by atoms with Crippen molar-refractivity contribution >= 4 is 0 Å². The van der Waals surface area contributed by atoms with Gasteiger partial charge in [-0.25, -0.2) is 13.2 Å². The molecule has 0 amide bonds. The third kappa shape index (κ3) is 3.13. The van der Waals surface area contributed by atoms with E-state index in [-0.39, 0.29) is 5.56 Å². The minimum Gasteiger partial charge on any atom is -0.390 e. The van der Waals surface area contributed by atoms with Gasteiger partial charge in [-0.2, -0.15) is 0 Å². The lowest BCUT2D eigenvalue weighted by Crippen LogP contribution is -2.51. The van der Waals surface area contributed by atoms with Gasteiger partial charge in [0.1, 0.15) is 18.5 Å². The number of nitrogens with zero attached hydrogens (tertiary/aromatic N) is 1. The summed E-state index contributed by atoms with van der Waals surface area (Å²) < 4.78 is 41.8. The molecule has 0 aliphatic carbocycles. The summed E-state index contributed by atoms with van der Waals surface area (Å²) in [4.78, 5) is 1.59. The fraction of sp³-hybridized carbons (Fsp3) is 0.571. The third-order valence-corrected chi connectivity index (χ3v) is 3.64. The van der Waals surface area contributed by atoms with Crippen molar-refractivity contribution in [2.24, 2.45) is 0 Å². The minimum absolute atomic E-state index is 0.203. The van der Waals surface area contributed by atoms with Crippen LogP contribution in [0.4, 0.5) is 13.2 Å². The van der Waals surface area contributed by atoms with E-state index in [1.165, 1.54) is 12.1 Å². The number of halogens is 3. The van der Waals surface area contributed by atoms with Crippen molar-refractivity contribution in [1.29, 1.82) is 0 Å². The van der Waals surface area contributed by atoms with Crippen LogP contribution in [0.1, 0.15) is 17.2 Å². The number of alkyl halides is 2. The third-order valence-electron chi connectivity index (χ3n) is 3.64. The van der Waals surface area contributed by atoms with Crippen molar-refractivity contribution in [2.75, 3.05) is 32.8 Å². The Morgan fingerprint density at radius 1 is 1.35 bits per heavy atom. The Balaban J connectivity index is 2.36. The zero-order valence-corrected chi connectivity index (χ0v) is 11.4. The van der Waals surface area contributed by atoms with E-state index in [0.29, 0.717) is 31.7 Å². The topological polar surface area (TPSA) is 35.5 Å². The summed E-state index contributed by atoms with van der Waals surface area (Å²) in [7, 11) is 0. The second kappa shape index (κ2) is 6.11. The maximum Gasteiger partial charge on any atom is 0.289 e. The second-order valence-electron chi connectivity index (χ2n) is 5.12. The first-order valence-corrected chi connectivity index (χ1v) is 6.65. The number of aliphatic hydroxyl groups excluding tert-OH is 1. The van der Waals surface area contributed by atoms with E-state index in [0.717, 1.165) is 6.07 Å². The van der Waals surface area contributed by atoms with Crippen LogP contribution < -0.4 is 5.32 Å². The summed E-state index contributed by atoms with van der Waals surface area (Å²) in [6.45, 7) is 2.42. The maximum atomic E-state index is 14.1. The quantitative estimate of drug-likeness (QED) is 0.885. The molecule has 1 aliphatic heterocycles. The molecule has 2 N–H and O–H groups in total. The van der Waals surface area contributed by atoms with Crippen molar-refractivity contribution in [3.8, 4) is 0 Å². The molecular formula is C14H19F3N2O. The van der Waals surface area contributed by atoms with Gasteiger partial charge >= 0.3 is 0 Å². The lowest BCUT2D eigenvalue weighted by Gasteiger charge is -2.38. The van der Waals surface area contributed by atoms with Crippen LogP contribution in [0.15, 0.2) is 18.2 Å². The number of nitrogens with one attached hydrogen (secondary N) is 1. The molecule has 1 heterocycles. The number of hydrogen-bond donors (Lipinski definition) is 2. The summed E-state index contributed by atoms with van der Waals surface area (Å²) >= 11 is 0. The van der Waals surface area contributed by atoms with Crippen molar-refractivity contribution in [3.05, 3.63) is 35.1 Å². The summed E-state index contributed by atoms with van der Waals surface area (Å²) in [6.07, 6.45) is 0. The van der Waals surface area contributed by atoms with Crippen LogP contribution in [0.3, 0.4) is 0 Å². The number of piperazine rings is 1. The highest BCUT2D eigenvalue weighted by molar-refractivity contribution is 5.27. The van der Waals surface area contributed by atoms with E-state index in [2.05, 4.69) is 5.32 Å². The van der Waals surface area contributed by atoms with Gasteiger partial charge in [-0.05, 0) is 24.1 Å². The van der Waals surface area contributed by atoms with Crippen LogP contribution in [-0.2, 0) is 0 Å². The Kier molecular flexibility index (Phi) is 4.67. The minimum atomic E-state index is -3.31. The fourth-order valence-electron chi connectivity index (χ4n) is 2.53. The standard InChI is InChI=1S/C14H19F3N2O/c1-10-2-3-11(8-12(10)15)13(14(16,17)9-20)19-6-4-18-5-7-19/h2-3,8,13,18,20H,4-7,9H2,1H3/t13-/m0/s1. The molecule has 20 heavy (non-hydrogen) atoms. The van der Waals surface area contributed by atoms with E-state index in [1.807, 2.05) is 0 Å². The molecular weight excluding hydrogens is 269 g/mol. The Bertz CT molecular complexity index is 462. The summed E-state index contributed by atoms with van der Waals surface area (Å²) in [5, 5.41) is 12.1. The average Bonchev–Trinajstić information content (AvgIpc) is 2.44. The normalized spacial score (nSPS) is 19.1. The monoisotopic (exact) mass is 288 g/mol. The van der Waals surface area contributed by atoms with E-state index >= 15 is 0 Å². The van der Waals surface area contributed by atoms with Crippen LogP contribution in [0.2, 0.25) is 0 Å². The van der Waals surface area contributed by atoms with E-state index in [9.17, 15) is 13.2 Å². The molecule has 1 aliphatic rings. The molecule has 3 nitrogen and oxygen atoms in total. The van der Waals surface area contributed by atoms with Gasteiger partial charge in [-0.15, -0.1) is 0 Å². The number of rotatable bonds is 4. The SMILES string of the molecule is Cc1ccc([C@H](N2CCNCC2)C(F)(F)CO)cc1F. The van der Waals surface area contributed by atoms with Crippen LogP contribution in [0, 0.1) is 12.7 Å². The molecule has 6 heteroatoms. The van der Waals surface area contributed by atoms with Gasteiger partial charge in [-0.3, -0.25) is 4.90 Å². The Labute approximate surface area is 116 Å². The number of benzene rings is 1. The molecule has 1 aromatic carbocycles. The van der Waals surface area contributed by atoms with Crippen LogP contribution >= 0.6 is 0 Å². The lowest BCUT2D eigenvalue weighted by molar-refractivity contribution is -0.118. The number of hydrogen-bond acceptors (Lipinski definition) is 3. The van der Waals surface area contributed by atoms with Crippen molar-refractivity contribution in [1.82, 2.24) is 10.2 Å². The molecule has 0 radical (unpaired) electrons. The lowest BCUT2D eigenvalue weighted by atomic mass is 9.97. The van der Waals surface area contributed by atoms with Crippen molar-refractivity contribution in [3.63, 3.8) is 0 Å². The molecule has 1 atom stereocenters. The summed E-state index contributed by atoms with van der Waals surface area (Å²) in [5.41, 5.74) is 0.620. The summed E-state index contributed by atoms with van der Waals surface area (Å²) in [6, 6.07) is 2.85. The van der Waals surface area contributed by atoms with Gasteiger partial charge in [0.2, 0.25) is 0 Å². The number of aliphatic hydroxyl groups is 1. The first-order valence-electron chi connectivity index (χ1n) is 6.65. The molecule has 2 rings (SSSR count). The molecule has 0 spiro atoms. The number of aryl methyl sites for hydroxylation is 1. The highest BCUT2D eigenvalue weighted by Gasteiger charge is 2.44. The second-order valence-corrected chi connectivity index (χ2v) is 5.12. The molecule has 112 valence electrons. The van der Waals surface area contributed by atoms with Crippen LogP contribution in [0.5, 0.6) is 0 Å². The molecule has 0 bridgehead atoms. The van der Waals surface area contributed by atoms with Crippen molar-refractivity contribution in [2.45, 2.75) is 18.9 Å². The molecule has 0 unspecified atom stereocenters. The van der Waals surface area contributed by atoms with E-state index < -0.39 is 24.4 Å².